The summed E-state index contributed by atoms with van der Waals surface area (Å²) < 4.78 is 24.0. The third-order valence-electron chi connectivity index (χ3n) is 13.3. The third kappa shape index (κ3) is 14.0. The molecule has 0 N–H and O–H groups in total. The van der Waals surface area contributed by atoms with E-state index in [0.717, 1.165) is 131 Å². The van der Waals surface area contributed by atoms with Crippen LogP contribution >= 0.6 is 0 Å². The molecule has 0 saturated carbocycles. The van der Waals surface area contributed by atoms with Crippen LogP contribution in [0.2, 0.25) is 0 Å². The number of hydrogen-bond donors (Lipinski definition) is 0. The zero-order valence-electron chi connectivity index (χ0n) is 40.9. The van der Waals surface area contributed by atoms with Crippen molar-refractivity contribution in [2.75, 3.05) is 13.2 Å². The van der Waals surface area contributed by atoms with Gasteiger partial charge in [0, 0.05) is 21.5 Å². The minimum absolute atomic E-state index is 0.332. The van der Waals surface area contributed by atoms with Gasteiger partial charge in [-0.25, -0.2) is 9.59 Å². The van der Waals surface area contributed by atoms with Crippen LogP contribution in [0.1, 0.15) is 180 Å². The number of ether oxygens (including phenoxy) is 4. The molecular formula is C60H78O6. The van der Waals surface area contributed by atoms with Crippen molar-refractivity contribution < 1.29 is 28.5 Å². The average molecular weight is 895 g/mol. The number of rotatable bonds is 29. The van der Waals surface area contributed by atoms with E-state index in [1.54, 1.807) is 0 Å². The first kappa shape index (κ1) is 50.3. The van der Waals surface area contributed by atoms with Crippen molar-refractivity contribution in [3.05, 3.63) is 96.1 Å². The molecule has 0 amide bonds. The van der Waals surface area contributed by atoms with Crippen LogP contribution < -0.4 is 9.47 Å². The molecule has 0 spiro atoms. The molecule has 354 valence electrons. The highest BCUT2D eigenvalue weighted by Gasteiger charge is 2.25. The molecule has 0 bridgehead atoms. The molecule has 6 heteroatoms. The smallest absolute Gasteiger partial charge is 0.434 e. The highest BCUT2D eigenvalue weighted by atomic mass is 16.7. The Kier molecular flexibility index (Phi) is 21.0. The maximum absolute atomic E-state index is 13.6. The van der Waals surface area contributed by atoms with Crippen molar-refractivity contribution in [1.29, 1.82) is 0 Å². The van der Waals surface area contributed by atoms with Gasteiger partial charge in [0.25, 0.3) is 0 Å². The Hall–Kier alpha value is -5.10. The molecule has 0 aliphatic carbocycles. The Morgan fingerprint density at radius 1 is 0.348 bits per heavy atom. The van der Waals surface area contributed by atoms with Crippen molar-refractivity contribution >= 4 is 55.4 Å². The van der Waals surface area contributed by atoms with Gasteiger partial charge in [-0.3, -0.25) is 0 Å². The Morgan fingerprint density at radius 2 is 0.667 bits per heavy atom. The number of aryl methyl sites for hydroxylation is 2. The first-order valence-corrected chi connectivity index (χ1v) is 26.1. The van der Waals surface area contributed by atoms with Crippen LogP contribution in [0.15, 0.2) is 84.9 Å². The lowest BCUT2D eigenvalue weighted by molar-refractivity contribution is 0.0972. The number of carbonyl (C=O) groups is 2. The third-order valence-corrected chi connectivity index (χ3v) is 13.3. The highest BCUT2D eigenvalue weighted by Crippen LogP contribution is 2.50. The van der Waals surface area contributed by atoms with Gasteiger partial charge in [0.2, 0.25) is 0 Å². The molecule has 0 heterocycles. The van der Waals surface area contributed by atoms with E-state index in [9.17, 15) is 9.59 Å². The molecular weight excluding hydrogens is 817 g/mol. The van der Waals surface area contributed by atoms with Crippen LogP contribution in [0.5, 0.6) is 11.5 Å². The summed E-state index contributed by atoms with van der Waals surface area (Å²) in [5.74, 6) is 1.03. The zero-order valence-corrected chi connectivity index (χ0v) is 40.9. The van der Waals surface area contributed by atoms with Gasteiger partial charge in [-0.1, -0.05) is 228 Å². The zero-order chi connectivity index (χ0) is 46.4. The van der Waals surface area contributed by atoms with E-state index >= 15 is 0 Å². The van der Waals surface area contributed by atoms with Gasteiger partial charge in [0.1, 0.15) is 11.5 Å². The second-order valence-electron chi connectivity index (χ2n) is 18.5. The monoisotopic (exact) mass is 895 g/mol. The number of benzene rings is 6. The summed E-state index contributed by atoms with van der Waals surface area (Å²) in [5.41, 5.74) is 4.65. The van der Waals surface area contributed by atoms with Gasteiger partial charge in [0.15, 0.2) is 0 Å². The van der Waals surface area contributed by atoms with Crippen molar-refractivity contribution in [3.8, 4) is 22.6 Å². The molecule has 0 radical (unpaired) electrons. The summed E-state index contributed by atoms with van der Waals surface area (Å²) in [4.78, 5) is 27.1. The quantitative estimate of drug-likeness (QED) is 0.0202. The molecule has 66 heavy (non-hydrogen) atoms. The first-order chi connectivity index (χ1) is 32.5. The summed E-state index contributed by atoms with van der Waals surface area (Å²) in [6, 6.07) is 30.0. The fourth-order valence-corrected chi connectivity index (χ4v) is 9.61. The predicted molar refractivity (Wildman–Crippen MR) is 278 cm³/mol. The largest absolute Gasteiger partial charge is 0.513 e. The van der Waals surface area contributed by atoms with Crippen LogP contribution in [0.4, 0.5) is 9.59 Å². The Morgan fingerprint density at radius 3 is 1.05 bits per heavy atom. The minimum atomic E-state index is -0.676. The topological polar surface area (TPSA) is 71.1 Å². The van der Waals surface area contributed by atoms with Crippen LogP contribution in [0, 0.1) is 0 Å². The SMILES string of the molecule is CCCCCCCCc1ccc2c(OC(=O)OCCCCCCC)c3ccccc3c(-c3c4ccccc4c(OC(=O)OCCCCCCC)c4ccc(CCCCCCCC)cc34)c2c1. The predicted octanol–water partition coefficient (Wildman–Crippen LogP) is 18.7. The Labute approximate surface area is 396 Å². The maximum Gasteiger partial charge on any atom is 0.513 e. The summed E-state index contributed by atoms with van der Waals surface area (Å²) in [5, 5.41) is 7.39. The van der Waals surface area contributed by atoms with E-state index in [1.807, 2.05) is 12.1 Å². The van der Waals surface area contributed by atoms with Crippen LogP contribution in [0.25, 0.3) is 54.2 Å². The van der Waals surface area contributed by atoms with Crippen LogP contribution in [-0.2, 0) is 22.3 Å². The van der Waals surface area contributed by atoms with Crippen molar-refractivity contribution in [2.45, 2.75) is 182 Å². The first-order valence-electron chi connectivity index (χ1n) is 26.1. The molecule has 6 rings (SSSR count). The molecule has 0 atom stereocenters. The highest BCUT2D eigenvalue weighted by molar-refractivity contribution is 6.27. The number of unbranched alkanes of at least 4 members (excludes halogenated alkanes) is 18. The molecule has 0 saturated heterocycles. The lowest BCUT2D eigenvalue weighted by atomic mass is 9.84. The summed E-state index contributed by atoms with van der Waals surface area (Å²) in [6.07, 6.45) is 25.9. The van der Waals surface area contributed by atoms with Crippen molar-refractivity contribution in [3.63, 3.8) is 0 Å². The van der Waals surface area contributed by atoms with Gasteiger partial charge in [-0.05, 0) is 82.3 Å². The van der Waals surface area contributed by atoms with E-state index in [4.69, 9.17) is 18.9 Å². The molecule has 6 nitrogen and oxygen atoms in total. The van der Waals surface area contributed by atoms with Crippen molar-refractivity contribution in [2.24, 2.45) is 0 Å². The van der Waals surface area contributed by atoms with Gasteiger partial charge in [-0.2, -0.15) is 0 Å². The summed E-state index contributed by atoms with van der Waals surface area (Å²) in [6.45, 7) is 9.58. The van der Waals surface area contributed by atoms with Gasteiger partial charge in [-0.15, -0.1) is 0 Å². The van der Waals surface area contributed by atoms with E-state index in [2.05, 4.69) is 100 Å². The summed E-state index contributed by atoms with van der Waals surface area (Å²) in [7, 11) is 0. The molecule has 6 aromatic carbocycles. The molecule has 0 unspecified atom stereocenters. The minimum Gasteiger partial charge on any atom is -0.434 e. The average Bonchev–Trinajstić information content (AvgIpc) is 3.33. The lowest BCUT2D eigenvalue weighted by Gasteiger charge is -2.22. The van der Waals surface area contributed by atoms with Gasteiger partial charge >= 0.3 is 12.3 Å². The maximum atomic E-state index is 13.6. The van der Waals surface area contributed by atoms with E-state index < -0.39 is 12.3 Å². The Bertz CT molecular complexity index is 2280. The molecule has 0 aliphatic heterocycles. The fraction of sp³-hybridized carbons (Fsp3) is 0.500. The molecule has 6 aromatic rings. The molecule has 0 aromatic heterocycles. The normalized spacial score (nSPS) is 11.5. The number of fused-ring (bicyclic) bond motifs is 4. The number of carbonyl (C=O) groups excluding carboxylic acids is 2. The lowest BCUT2D eigenvalue weighted by Crippen LogP contribution is -2.12. The second-order valence-corrected chi connectivity index (χ2v) is 18.5. The van der Waals surface area contributed by atoms with Crippen LogP contribution in [-0.4, -0.2) is 25.5 Å². The van der Waals surface area contributed by atoms with Gasteiger partial charge in [0.05, 0.1) is 13.2 Å². The van der Waals surface area contributed by atoms with E-state index in [0.29, 0.717) is 24.7 Å². The second kappa shape index (κ2) is 27.5. The Balaban J connectivity index is 1.51. The van der Waals surface area contributed by atoms with Crippen LogP contribution in [0.3, 0.4) is 0 Å². The standard InChI is InChI=1S/C60H78O6/c1-5-9-13-17-19-23-31-45-37-39-51-53(43-45)55(47-33-25-27-35-49(47)57(51)65-59(61)63-41-29-21-15-11-7-3)56-48-34-26-28-36-50(48)58(66-60(62)64-42-30-22-16-12-8-4)52-40-38-46(44-54(52)56)32-24-20-18-14-10-6-2/h25-28,33-40,43-44H,5-24,29-32,41-42H2,1-4H3. The summed E-state index contributed by atoms with van der Waals surface area (Å²) >= 11 is 0. The van der Waals surface area contributed by atoms with E-state index in [1.165, 1.54) is 88.2 Å². The number of hydrogen-bond acceptors (Lipinski definition) is 6. The van der Waals surface area contributed by atoms with Crippen molar-refractivity contribution in [1.82, 2.24) is 0 Å². The molecule has 0 fully saturated rings. The van der Waals surface area contributed by atoms with Gasteiger partial charge < -0.3 is 18.9 Å². The fourth-order valence-electron chi connectivity index (χ4n) is 9.61. The van der Waals surface area contributed by atoms with E-state index in [-0.39, 0.29) is 0 Å². The molecule has 0 aliphatic rings.